The molecule has 94 valence electrons. The normalized spacial score (nSPS) is 10.5. The third kappa shape index (κ3) is 3.32. The maximum atomic E-state index is 11.8. The third-order valence-corrected chi connectivity index (χ3v) is 2.43. The van der Waals surface area contributed by atoms with E-state index in [1.807, 2.05) is 0 Å². The number of nitro groups is 1. The lowest BCUT2D eigenvalue weighted by atomic mass is 10.1. The first-order chi connectivity index (χ1) is 9.16. The number of hydrogen-bond donors (Lipinski definition) is 0. The zero-order chi connectivity index (χ0) is 13.7. The quantitative estimate of drug-likeness (QED) is 0.364. The Morgan fingerprint density at radius 2 is 2.05 bits per heavy atom. The van der Waals surface area contributed by atoms with Crippen LogP contribution in [0.15, 0.2) is 54.7 Å². The van der Waals surface area contributed by atoms with E-state index in [9.17, 15) is 14.9 Å². The number of aromatic nitrogens is 1. The fourth-order valence-corrected chi connectivity index (χ4v) is 1.51. The number of hydrogen-bond acceptors (Lipinski definition) is 4. The number of pyridine rings is 1. The molecular weight excluding hydrogens is 244 g/mol. The highest BCUT2D eigenvalue weighted by atomic mass is 16.6. The molecule has 0 aliphatic carbocycles. The monoisotopic (exact) mass is 254 g/mol. The van der Waals surface area contributed by atoms with Gasteiger partial charge in [-0.3, -0.25) is 19.9 Å². The molecule has 0 N–H and O–H groups in total. The van der Waals surface area contributed by atoms with Gasteiger partial charge in [-0.15, -0.1) is 0 Å². The second-order valence-corrected chi connectivity index (χ2v) is 3.76. The van der Waals surface area contributed by atoms with Crippen LogP contribution in [0, 0.1) is 10.1 Å². The van der Waals surface area contributed by atoms with Crippen molar-refractivity contribution in [3.05, 3.63) is 76.1 Å². The lowest BCUT2D eigenvalue weighted by Crippen LogP contribution is -1.96. The van der Waals surface area contributed by atoms with E-state index in [0.717, 1.165) is 0 Å². The topological polar surface area (TPSA) is 73.1 Å². The Balaban J connectivity index is 2.17. The Labute approximate surface area is 109 Å². The molecule has 0 unspecified atom stereocenters. The molecule has 0 atom stereocenters. The Morgan fingerprint density at radius 3 is 2.74 bits per heavy atom. The van der Waals surface area contributed by atoms with Crippen LogP contribution in [-0.4, -0.2) is 15.7 Å². The molecule has 5 nitrogen and oxygen atoms in total. The minimum Gasteiger partial charge on any atom is -0.288 e. The van der Waals surface area contributed by atoms with Gasteiger partial charge in [0.15, 0.2) is 0 Å². The number of carbonyl (C=O) groups is 1. The summed E-state index contributed by atoms with van der Waals surface area (Å²) < 4.78 is 0. The fourth-order valence-electron chi connectivity index (χ4n) is 1.51. The second kappa shape index (κ2) is 5.68. The summed E-state index contributed by atoms with van der Waals surface area (Å²) in [7, 11) is 0. The minimum atomic E-state index is -0.474. The summed E-state index contributed by atoms with van der Waals surface area (Å²) in [6, 6.07) is 11.1. The lowest BCUT2D eigenvalue weighted by molar-refractivity contribution is -0.384. The van der Waals surface area contributed by atoms with Crippen LogP contribution in [0.1, 0.15) is 16.1 Å². The molecule has 1 heterocycles. The molecule has 0 aliphatic rings. The molecule has 0 saturated heterocycles. The SMILES string of the molecule is O=C(C=Cc1cccc([N+](=O)[O-])c1)c1ccccn1. The van der Waals surface area contributed by atoms with E-state index in [1.54, 1.807) is 30.3 Å². The highest BCUT2D eigenvalue weighted by molar-refractivity contribution is 6.05. The Hall–Kier alpha value is -2.82. The maximum Gasteiger partial charge on any atom is 0.270 e. The van der Waals surface area contributed by atoms with Crippen molar-refractivity contribution >= 4 is 17.5 Å². The molecule has 0 saturated carbocycles. The number of nitro benzene ring substituents is 1. The smallest absolute Gasteiger partial charge is 0.270 e. The van der Waals surface area contributed by atoms with Crippen molar-refractivity contribution in [2.24, 2.45) is 0 Å². The van der Waals surface area contributed by atoms with E-state index in [2.05, 4.69) is 4.98 Å². The van der Waals surface area contributed by atoms with Gasteiger partial charge in [-0.05, 0) is 23.8 Å². The van der Waals surface area contributed by atoms with Crippen molar-refractivity contribution in [3.8, 4) is 0 Å². The molecule has 2 rings (SSSR count). The lowest BCUT2D eigenvalue weighted by Gasteiger charge is -1.95. The van der Waals surface area contributed by atoms with E-state index >= 15 is 0 Å². The predicted octanol–water partition coefficient (Wildman–Crippen LogP) is 2.89. The van der Waals surface area contributed by atoms with Crippen molar-refractivity contribution in [1.29, 1.82) is 0 Å². The largest absolute Gasteiger partial charge is 0.288 e. The van der Waals surface area contributed by atoms with Gasteiger partial charge in [0.25, 0.3) is 5.69 Å². The molecule has 0 amide bonds. The molecule has 2 aromatic rings. The second-order valence-electron chi connectivity index (χ2n) is 3.76. The van der Waals surface area contributed by atoms with Gasteiger partial charge in [0.2, 0.25) is 5.78 Å². The summed E-state index contributed by atoms with van der Waals surface area (Å²) in [5.41, 5.74) is 0.926. The number of nitrogens with zero attached hydrogens (tertiary/aromatic N) is 2. The minimum absolute atomic E-state index is 0.00700. The van der Waals surface area contributed by atoms with Gasteiger partial charge in [0.05, 0.1) is 4.92 Å². The number of non-ortho nitro benzene ring substituents is 1. The van der Waals surface area contributed by atoms with E-state index < -0.39 is 4.92 Å². The Bertz CT molecular complexity index is 636. The summed E-state index contributed by atoms with van der Waals surface area (Å²) >= 11 is 0. The van der Waals surface area contributed by atoms with Gasteiger partial charge in [0, 0.05) is 18.3 Å². The molecule has 0 bridgehead atoms. The Morgan fingerprint density at radius 1 is 1.21 bits per heavy atom. The van der Waals surface area contributed by atoms with E-state index in [0.29, 0.717) is 11.3 Å². The predicted molar refractivity (Wildman–Crippen MR) is 70.7 cm³/mol. The number of ketones is 1. The van der Waals surface area contributed by atoms with Crippen molar-refractivity contribution in [2.45, 2.75) is 0 Å². The molecule has 19 heavy (non-hydrogen) atoms. The zero-order valence-electron chi connectivity index (χ0n) is 9.89. The first-order valence-corrected chi connectivity index (χ1v) is 5.55. The number of carbonyl (C=O) groups excluding carboxylic acids is 1. The zero-order valence-corrected chi connectivity index (χ0v) is 9.89. The summed E-state index contributed by atoms with van der Waals surface area (Å²) in [5, 5.41) is 10.6. The summed E-state index contributed by atoms with van der Waals surface area (Å²) in [6.07, 6.45) is 4.42. The van der Waals surface area contributed by atoms with Crippen LogP contribution >= 0.6 is 0 Å². The first-order valence-electron chi connectivity index (χ1n) is 5.55. The first kappa shape index (κ1) is 12.6. The molecular formula is C14H10N2O3. The molecule has 1 aromatic carbocycles. The number of allylic oxidation sites excluding steroid dienone is 1. The molecule has 0 radical (unpaired) electrons. The average molecular weight is 254 g/mol. The van der Waals surface area contributed by atoms with Crippen LogP contribution in [0.2, 0.25) is 0 Å². The van der Waals surface area contributed by atoms with Gasteiger partial charge in [-0.2, -0.15) is 0 Å². The highest BCUT2D eigenvalue weighted by Gasteiger charge is 2.05. The van der Waals surface area contributed by atoms with Gasteiger partial charge in [0.1, 0.15) is 5.69 Å². The maximum absolute atomic E-state index is 11.8. The van der Waals surface area contributed by atoms with Crippen LogP contribution in [0.5, 0.6) is 0 Å². The summed E-state index contributed by atoms with van der Waals surface area (Å²) in [6.45, 7) is 0. The summed E-state index contributed by atoms with van der Waals surface area (Å²) in [5.74, 6) is -0.243. The molecule has 0 aliphatic heterocycles. The fraction of sp³-hybridized carbons (Fsp3) is 0. The number of rotatable bonds is 4. The van der Waals surface area contributed by atoms with Crippen LogP contribution in [0.3, 0.4) is 0 Å². The standard InChI is InChI=1S/C14H10N2O3/c17-14(13-6-1-2-9-15-13)8-7-11-4-3-5-12(10-11)16(18)19/h1-10H. The summed E-state index contributed by atoms with van der Waals surface area (Å²) in [4.78, 5) is 25.8. The Kier molecular flexibility index (Phi) is 3.78. The van der Waals surface area contributed by atoms with E-state index in [1.165, 1.54) is 30.5 Å². The number of benzene rings is 1. The van der Waals surface area contributed by atoms with Gasteiger partial charge in [-0.25, -0.2) is 0 Å². The van der Waals surface area contributed by atoms with Crippen molar-refractivity contribution in [3.63, 3.8) is 0 Å². The highest BCUT2D eigenvalue weighted by Crippen LogP contribution is 2.14. The van der Waals surface area contributed by atoms with Crippen molar-refractivity contribution in [1.82, 2.24) is 4.98 Å². The van der Waals surface area contributed by atoms with Gasteiger partial charge < -0.3 is 0 Å². The average Bonchev–Trinajstić information content (AvgIpc) is 2.46. The van der Waals surface area contributed by atoms with Crippen LogP contribution in [0.4, 0.5) is 5.69 Å². The van der Waals surface area contributed by atoms with Crippen LogP contribution in [0.25, 0.3) is 6.08 Å². The van der Waals surface area contributed by atoms with Crippen LogP contribution < -0.4 is 0 Å². The van der Waals surface area contributed by atoms with Crippen molar-refractivity contribution < 1.29 is 9.72 Å². The third-order valence-electron chi connectivity index (χ3n) is 2.43. The van der Waals surface area contributed by atoms with E-state index in [4.69, 9.17) is 0 Å². The van der Waals surface area contributed by atoms with Crippen LogP contribution in [-0.2, 0) is 0 Å². The molecule has 5 heteroatoms. The molecule has 0 fully saturated rings. The van der Waals surface area contributed by atoms with Gasteiger partial charge in [-0.1, -0.05) is 24.3 Å². The molecule has 1 aromatic heterocycles. The van der Waals surface area contributed by atoms with E-state index in [-0.39, 0.29) is 11.5 Å². The molecule has 0 spiro atoms. The van der Waals surface area contributed by atoms with Crippen molar-refractivity contribution in [2.75, 3.05) is 0 Å². The van der Waals surface area contributed by atoms with Gasteiger partial charge >= 0.3 is 0 Å².